The van der Waals surface area contributed by atoms with Crippen LogP contribution in [0, 0.1) is 0 Å². The number of carbonyl (C=O) groups excluding carboxylic acids is 2. The molecule has 3 rings (SSSR count). The maximum absolute atomic E-state index is 12.8. The number of carbonyl (C=O) groups is 2. The van der Waals surface area contributed by atoms with E-state index >= 15 is 0 Å². The lowest BCUT2D eigenvalue weighted by atomic mass is 10.1. The average molecular weight is 414 g/mol. The summed E-state index contributed by atoms with van der Waals surface area (Å²) >= 11 is 0. The first-order valence-corrected chi connectivity index (χ1v) is 9.50. The van der Waals surface area contributed by atoms with Crippen LogP contribution in [0.5, 0.6) is 17.2 Å². The molecule has 1 aliphatic heterocycles. The average Bonchev–Trinajstić information content (AvgIpc) is 2.71. The summed E-state index contributed by atoms with van der Waals surface area (Å²) in [5, 5.41) is 2.83. The summed E-state index contributed by atoms with van der Waals surface area (Å²) in [5.74, 6) is 1.50. The summed E-state index contributed by atoms with van der Waals surface area (Å²) in [6.07, 6.45) is 0.594. The van der Waals surface area contributed by atoms with Crippen LogP contribution in [0.15, 0.2) is 30.3 Å². The van der Waals surface area contributed by atoms with Gasteiger partial charge in [-0.2, -0.15) is 0 Å². The van der Waals surface area contributed by atoms with Crippen LogP contribution >= 0.6 is 0 Å². The molecule has 30 heavy (non-hydrogen) atoms. The molecule has 2 heterocycles. The van der Waals surface area contributed by atoms with Gasteiger partial charge in [0.1, 0.15) is 12.4 Å². The molecule has 0 aliphatic carbocycles. The number of benzene rings is 1. The van der Waals surface area contributed by atoms with E-state index in [9.17, 15) is 9.59 Å². The third kappa shape index (κ3) is 4.40. The van der Waals surface area contributed by atoms with Gasteiger partial charge in [0.2, 0.25) is 5.91 Å². The first-order chi connectivity index (χ1) is 14.2. The SMILES string of the molecule is COc1ccc(CCNC(=O)CN2C(=O)C(C)(C)Oc3ccc(N)nc32)cc1OC. The van der Waals surface area contributed by atoms with Crippen molar-refractivity contribution in [2.45, 2.75) is 25.9 Å². The second-order valence-electron chi connectivity index (χ2n) is 7.35. The van der Waals surface area contributed by atoms with E-state index in [0.717, 1.165) is 5.56 Å². The summed E-state index contributed by atoms with van der Waals surface area (Å²) in [6.45, 7) is 3.52. The van der Waals surface area contributed by atoms with E-state index in [1.54, 1.807) is 40.2 Å². The Morgan fingerprint density at radius 1 is 1.20 bits per heavy atom. The number of pyridine rings is 1. The molecule has 0 bridgehead atoms. The zero-order valence-corrected chi connectivity index (χ0v) is 17.5. The fourth-order valence-electron chi connectivity index (χ4n) is 3.19. The second kappa shape index (κ2) is 8.48. The van der Waals surface area contributed by atoms with Gasteiger partial charge in [-0.1, -0.05) is 6.07 Å². The first-order valence-electron chi connectivity index (χ1n) is 9.50. The number of amides is 2. The van der Waals surface area contributed by atoms with Gasteiger partial charge in [-0.25, -0.2) is 4.98 Å². The highest BCUT2D eigenvalue weighted by Crippen LogP contribution is 2.36. The summed E-state index contributed by atoms with van der Waals surface area (Å²) in [7, 11) is 3.15. The minimum Gasteiger partial charge on any atom is -0.493 e. The second-order valence-corrected chi connectivity index (χ2v) is 7.35. The number of hydrogen-bond donors (Lipinski definition) is 2. The van der Waals surface area contributed by atoms with Crippen LogP contribution in [0.2, 0.25) is 0 Å². The molecule has 0 saturated heterocycles. The Hall–Kier alpha value is -3.49. The number of nitrogen functional groups attached to an aromatic ring is 1. The van der Waals surface area contributed by atoms with Crippen molar-refractivity contribution >= 4 is 23.5 Å². The number of nitrogens with one attached hydrogen (secondary N) is 1. The van der Waals surface area contributed by atoms with E-state index in [4.69, 9.17) is 19.9 Å². The predicted molar refractivity (Wildman–Crippen MR) is 112 cm³/mol. The fourth-order valence-corrected chi connectivity index (χ4v) is 3.19. The van der Waals surface area contributed by atoms with E-state index in [-0.39, 0.29) is 30.0 Å². The number of nitrogens with zero attached hydrogens (tertiary/aromatic N) is 2. The van der Waals surface area contributed by atoms with Crippen LogP contribution < -0.4 is 30.2 Å². The molecule has 9 heteroatoms. The topological polar surface area (TPSA) is 116 Å². The van der Waals surface area contributed by atoms with Crippen LogP contribution in [0.25, 0.3) is 0 Å². The maximum Gasteiger partial charge on any atom is 0.272 e. The van der Waals surface area contributed by atoms with Gasteiger partial charge >= 0.3 is 0 Å². The number of aromatic nitrogens is 1. The molecule has 0 radical (unpaired) electrons. The third-order valence-corrected chi connectivity index (χ3v) is 4.73. The van der Waals surface area contributed by atoms with Crippen LogP contribution in [0.1, 0.15) is 19.4 Å². The lowest BCUT2D eigenvalue weighted by molar-refractivity contribution is -0.134. The van der Waals surface area contributed by atoms with Gasteiger partial charge in [-0.05, 0) is 50.1 Å². The van der Waals surface area contributed by atoms with Crippen molar-refractivity contribution < 1.29 is 23.8 Å². The number of anilines is 2. The molecule has 9 nitrogen and oxygen atoms in total. The lowest BCUT2D eigenvalue weighted by Crippen LogP contribution is -2.55. The molecule has 0 atom stereocenters. The fraction of sp³-hybridized carbons (Fsp3) is 0.381. The van der Waals surface area contributed by atoms with Gasteiger partial charge < -0.3 is 25.3 Å². The molecule has 1 aliphatic rings. The van der Waals surface area contributed by atoms with Gasteiger partial charge in [-0.15, -0.1) is 0 Å². The van der Waals surface area contributed by atoms with E-state index in [2.05, 4.69) is 10.3 Å². The molecule has 1 aromatic heterocycles. The number of methoxy groups -OCH3 is 2. The number of fused-ring (bicyclic) bond motifs is 1. The molecule has 2 aromatic rings. The Bertz CT molecular complexity index is 960. The molecular formula is C21H26N4O5. The van der Waals surface area contributed by atoms with Crippen molar-refractivity contribution in [1.82, 2.24) is 10.3 Å². The highest BCUT2D eigenvalue weighted by atomic mass is 16.5. The largest absolute Gasteiger partial charge is 0.493 e. The molecule has 0 unspecified atom stereocenters. The van der Waals surface area contributed by atoms with E-state index in [1.165, 1.54) is 4.90 Å². The Morgan fingerprint density at radius 2 is 1.93 bits per heavy atom. The number of nitrogens with two attached hydrogens (primary N) is 1. The summed E-state index contributed by atoms with van der Waals surface area (Å²) in [4.78, 5) is 30.8. The molecular weight excluding hydrogens is 388 g/mol. The third-order valence-electron chi connectivity index (χ3n) is 4.73. The smallest absolute Gasteiger partial charge is 0.272 e. The first kappa shape index (κ1) is 21.2. The Labute approximate surface area is 175 Å². The normalized spacial score (nSPS) is 14.5. The lowest BCUT2D eigenvalue weighted by Gasteiger charge is -2.37. The van der Waals surface area contributed by atoms with E-state index in [1.807, 2.05) is 18.2 Å². The van der Waals surface area contributed by atoms with Crippen LogP contribution in [0.4, 0.5) is 11.6 Å². The summed E-state index contributed by atoms with van der Waals surface area (Å²) < 4.78 is 16.2. The van der Waals surface area contributed by atoms with Gasteiger partial charge in [-0.3, -0.25) is 14.5 Å². The zero-order valence-electron chi connectivity index (χ0n) is 17.5. The van der Waals surface area contributed by atoms with Crippen LogP contribution in [-0.4, -0.2) is 49.7 Å². The predicted octanol–water partition coefficient (Wildman–Crippen LogP) is 1.54. The minimum atomic E-state index is -1.11. The standard InChI is InChI=1S/C21H26N4O5/c1-21(2)20(27)25(19-15(30-21)7-8-17(22)24-19)12-18(26)23-10-9-13-5-6-14(28-3)16(11-13)29-4/h5-8,11H,9-10,12H2,1-4H3,(H2,22,24)(H,23,26). The van der Waals surface area contributed by atoms with Crippen molar-refractivity contribution in [2.24, 2.45) is 0 Å². The Balaban J connectivity index is 1.65. The van der Waals surface area contributed by atoms with Gasteiger partial charge in [0, 0.05) is 6.54 Å². The zero-order chi connectivity index (χ0) is 21.9. The van der Waals surface area contributed by atoms with Gasteiger partial charge in [0.25, 0.3) is 5.91 Å². The highest BCUT2D eigenvalue weighted by Gasteiger charge is 2.42. The molecule has 0 fully saturated rings. The number of hydrogen-bond acceptors (Lipinski definition) is 7. The molecule has 0 saturated carbocycles. The quantitative estimate of drug-likeness (QED) is 0.706. The van der Waals surface area contributed by atoms with Crippen LogP contribution in [0.3, 0.4) is 0 Å². The Morgan fingerprint density at radius 3 is 2.63 bits per heavy atom. The monoisotopic (exact) mass is 414 g/mol. The van der Waals surface area contributed by atoms with Crippen molar-refractivity contribution in [3.8, 4) is 17.2 Å². The van der Waals surface area contributed by atoms with Crippen molar-refractivity contribution in [3.63, 3.8) is 0 Å². The maximum atomic E-state index is 12.8. The van der Waals surface area contributed by atoms with Gasteiger partial charge in [0.15, 0.2) is 28.7 Å². The van der Waals surface area contributed by atoms with Gasteiger partial charge in [0.05, 0.1) is 14.2 Å². The van der Waals surface area contributed by atoms with E-state index < -0.39 is 5.60 Å². The van der Waals surface area contributed by atoms with Crippen molar-refractivity contribution in [3.05, 3.63) is 35.9 Å². The Kier molecular flexibility index (Phi) is 6.00. The summed E-state index contributed by atoms with van der Waals surface area (Å²) in [6, 6.07) is 8.82. The highest BCUT2D eigenvalue weighted by molar-refractivity contribution is 6.05. The van der Waals surface area contributed by atoms with Crippen molar-refractivity contribution in [2.75, 3.05) is 37.9 Å². The minimum absolute atomic E-state index is 0.180. The van der Waals surface area contributed by atoms with Crippen LogP contribution in [-0.2, 0) is 16.0 Å². The molecule has 1 aromatic carbocycles. The number of ether oxygens (including phenoxy) is 3. The van der Waals surface area contributed by atoms with E-state index in [0.29, 0.717) is 30.2 Å². The van der Waals surface area contributed by atoms with Crippen molar-refractivity contribution in [1.29, 1.82) is 0 Å². The molecule has 2 amide bonds. The molecule has 160 valence electrons. The number of rotatable bonds is 7. The molecule has 0 spiro atoms. The molecule has 3 N–H and O–H groups in total. The summed E-state index contributed by atoms with van der Waals surface area (Å²) in [5.41, 5.74) is 5.63.